The van der Waals surface area contributed by atoms with Gasteiger partial charge in [0.25, 0.3) is 0 Å². The van der Waals surface area contributed by atoms with Crippen LogP contribution in [0.3, 0.4) is 0 Å². The Hall–Kier alpha value is -4.12. The topological polar surface area (TPSA) is 55.8 Å². The highest BCUT2D eigenvalue weighted by molar-refractivity contribution is 6.01. The number of ether oxygens (including phenoxy) is 2. The molecule has 0 N–H and O–H groups in total. The van der Waals surface area contributed by atoms with Gasteiger partial charge in [0.05, 0.1) is 13.2 Å². The zero-order valence-corrected chi connectivity index (χ0v) is 28.3. The van der Waals surface area contributed by atoms with Crippen molar-refractivity contribution in [3.63, 3.8) is 0 Å². The fourth-order valence-electron chi connectivity index (χ4n) is 6.75. The molecule has 0 atom stereocenters. The second-order valence-electron chi connectivity index (χ2n) is 13.1. The molecule has 1 aliphatic carbocycles. The largest absolute Gasteiger partial charge is 0.465 e. The Morgan fingerprint density at radius 3 is 2.18 bits per heavy atom. The minimum atomic E-state index is -1.48. The molecule has 1 heterocycles. The van der Waals surface area contributed by atoms with Gasteiger partial charge in [0, 0.05) is 28.8 Å². The first kappa shape index (κ1) is 33.8. The number of nitrogens with zero attached hydrogens (tertiary/aromatic N) is 1. The van der Waals surface area contributed by atoms with E-state index in [1.807, 2.05) is 24.3 Å². The average molecular weight is 608 g/mol. The first-order valence-corrected chi connectivity index (χ1v) is 16.1. The number of aryl methyl sites for hydroxylation is 1. The Labute approximate surface area is 270 Å². The Morgan fingerprint density at radius 1 is 0.933 bits per heavy atom. The van der Waals surface area contributed by atoms with Crippen LogP contribution in [0.5, 0.6) is 0 Å². The lowest BCUT2D eigenvalue weighted by atomic mass is 9.71. The molecule has 2 aromatic carbocycles. The summed E-state index contributed by atoms with van der Waals surface area (Å²) in [6, 6.07) is 16.8. The monoisotopic (exact) mass is 607 g/mol. The number of carbonyl (C=O) groups is 2. The van der Waals surface area contributed by atoms with E-state index in [1.54, 1.807) is 13.8 Å². The maximum Gasteiger partial charge on any atom is 0.324 e. The van der Waals surface area contributed by atoms with E-state index in [-0.39, 0.29) is 36.9 Å². The van der Waals surface area contributed by atoms with Gasteiger partial charge < -0.3 is 14.4 Å². The predicted octanol–water partition coefficient (Wildman–Crippen LogP) is 8.85. The number of esters is 2. The fraction of sp³-hybridized carbons (Fsp3) is 0.400. The summed E-state index contributed by atoms with van der Waals surface area (Å²) in [7, 11) is 0. The molecule has 0 fully saturated rings. The van der Waals surface area contributed by atoms with Gasteiger partial charge in [-0.2, -0.15) is 0 Å². The SMILES string of the molecule is C=C(/C=C/C1=CC(=C/C=C2/N(CC)c3ccccc3C2(C)C)/CC(C(=O)OCC)(C(=O)OCC)C1)C(C)(C)c1ccccc1C. The first-order valence-electron chi connectivity index (χ1n) is 16.1. The van der Waals surface area contributed by atoms with Crippen molar-refractivity contribution in [3.05, 3.63) is 125 Å². The summed E-state index contributed by atoms with van der Waals surface area (Å²) < 4.78 is 11.1. The van der Waals surface area contributed by atoms with Gasteiger partial charge in [-0.15, -0.1) is 0 Å². The van der Waals surface area contributed by atoms with E-state index in [0.29, 0.717) is 0 Å². The molecular weight excluding hydrogens is 558 g/mol. The Bertz CT molecular complexity index is 1560. The molecular formula is C40H49NO4. The minimum Gasteiger partial charge on any atom is -0.465 e. The number of carbonyl (C=O) groups excluding carboxylic acids is 2. The molecule has 238 valence electrons. The molecule has 5 nitrogen and oxygen atoms in total. The van der Waals surface area contributed by atoms with Crippen LogP contribution in [0.15, 0.2) is 108 Å². The van der Waals surface area contributed by atoms with Gasteiger partial charge >= 0.3 is 11.9 Å². The van der Waals surface area contributed by atoms with Crippen LogP contribution in [-0.2, 0) is 29.9 Å². The number of anilines is 1. The van der Waals surface area contributed by atoms with Crippen molar-refractivity contribution >= 4 is 17.6 Å². The molecule has 4 rings (SSSR count). The molecule has 0 unspecified atom stereocenters. The molecule has 0 saturated carbocycles. The van der Waals surface area contributed by atoms with Gasteiger partial charge in [-0.05, 0) is 86.1 Å². The van der Waals surface area contributed by atoms with Crippen molar-refractivity contribution in [1.29, 1.82) is 0 Å². The zero-order valence-electron chi connectivity index (χ0n) is 28.3. The van der Waals surface area contributed by atoms with Gasteiger partial charge in [0.2, 0.25) is 0 Å². The molecule has 0 spiro atoms. The van der Waals surface area contributed by atoms with Gasteiger partial charge in [-0.25, -0.2) is 0 Å². The number of rotatable bonds is 10. The molecule has 0 aromatic heterocycles. The van der Waals surface area contributed by atoms with Crippen LogP contribution >= 0.6 is 0 Å². The Balaban J connectivity index is 1.80. The number of allylic oxidation sites excluding steroid dienone is 9. The van der Waals surface area contributed by atoms with Gasteiger partial charge in [0.15, 0.2) is 5.41 Å². The number of hydrogen-bond donors (Lipinski definition) is 0. The molecule has 0 radical (unpaired) electrons. The third kappa shape index (κ3) is 6.49. The van der Waals surface area contributed by atoms with Crippen molar-refractivity contribution in [3.8, 4) is 0 Å². The van der Waals surface area contributed by atoms with Crippen LogP contribution in [-0.4, -0.2) is 31.7 Å². The van der Waals surface area contributed by atoms with Crippen LogP contribution in [0.25, 0.3) is 0 Å². The summed E-state index contributed by atoms with van der Waals surface area (Å²) >= 11 is 0. The lowest BCUT2D eigenvalue weighted by molar-refractivity contribution is -0.172. The fourth-order valence-corrected chi connectivity index (χ4v) is 6.75. The van der Waals surface area contributed by atoms with Crippen LogP contribution in [0.1, 0.15) is 78.0 Å². The predicted molar refractivity (Wildman–Crippen MR) is 184 cm³/mol. The minimum absolute atomic E-state index is 0.178. The second kappa shape index (κ2) is 13.5. The summed E-state index contributed by atoms with van der Waals surface area (Å²) in [4.78, 5) is 29.6. The number of para-hydroxylation sites is 1. The summed E-state index contributed by atoms with van der Waals surface area (Å²) in [6.45, 7) is 22.2. The van der Waals surface area contributed by atoms with Crippen molar-refractivity contribution < 1.29 is 19.1 Å². The van der Waals surface area contributed by atoms with Gasteiger partial charge in [0.1, 0.15) is 0 Å². The third-order valence-corrected chi connectivity index (χ3v) is 9.41. The van der Waals surface area contributed by atoms with Crippen molar-refractivity contribution in [1.82, 2.24) is 0 Å². The van der Waals surface area contributed by atoms with Gasteiger partial charge in [-0.3, -0.25) is 9.59 Å². The molecule has 1 aliphatic heterocycles. The van der Waals surface area contributed by atoms with Crippen molar-refractivity contribution in [2.24, 2.45) is 5.41 Å². The van der Waals surface area contributed by atoms with Crippen molar-refractivity contribution in [2.75, 3.05) is 24.7 Å². The lowest BCUT2D eigenvalue weighted by Gasteiger charge is -2.33. The highest BCUT2D eigenvalue weighted by atomic mass is 16.6. The summed E-state index contributed by atoms with van der Waals surface area (Å²) in [5.74, 6) is -1.10. The standard InChI is InChI=1S/C40H49NO4/c1-10-41-34-20-16-15-19-33(34)39(8,9)35(41)24-23-31-25-30(26-40(27-31,36(42)44-11-2)37(43)45-12-3)22-21-29(5)38(6,7)32-18-14-13-17-28(32)4/h13-25H,5,10-12,26-27H2,1-4,6-9H3/b22-21+,31-23-,35-24+. The van der Waals surface area contributed by atoms with E-state index in [9.17, 15) is 9.59 Å². The second-order valence-corrected chi connectivity index (χ2v) is 13.1. The maximum atomic E-state index is 13.6. The normalized spacial score (nSPS) is 19.0. The number of likely N-dealkylation sites (N-methyl/N-ethyl adjacent to an activating group) is 1. The van der Waals surface area contributed by atoms with E-state index in [1.165, 1.54) is 28.1 Å². The van der Waals surface area contributed by atoms with E-state index in [4.69, 9.17) is 9.47 Å². The molecule has 0 bridgehead atoms. The van der Waals surface area contributed by atoms with Crippen molar-refractivity contribution in [2.45, 2.75) is 79.1 Å². The van der Waals surface area contributed by atoms with Crippen LogP contribution in [0, 0.1) is 12.3 Å². The Morgan fingerprint density at radius 2 is 1.56 bits per heavy atom. The highest BCUT2D eigenvalue weighted by Crippen LogP contribution is 2.48. The number of benzene rings is 2. The zero-order chi connectivity index (χ0) is 33.0. The first-order chi connectivity index (χ1) is 21.3. The smallest absolute Gasteiger partial charge is 0.324 e. The molecule has 2 aromatic rings. The number of fused-ring (bicyclic) bond motifs is 1. The quantitative estimate of drug-likeness (QED) is 0.153. The maximum absolute atomic E-state index is 13.6. The van der Waals surface area contributed by atoms with Crippen LogP contribution in [0.4, 0.5) is 5.69 Å². The summed E-state index contributed by atoms with van der Waals surface area (Å²) in [6.07, 6.45) is 10.7. The van der Waals surface area contributed by atoms with E-state index in [2.05, 4.69) is 108 Å². The molecule has 0 saturated heterocycles. The van der Waals surface area contributed by atoms with Gasteiger partial charge in [-0.1, -0.05) is 101 Å². The molecule has 2 aliphatic rings. The van der Waals surface area contributed by atoms with Crippen LogP contribution < -0.4 is 4.90 Å². The van der Waals surface area contributed by atoms with Crippen LogP contribution in [0.2, 0.25) is 0 Å². The summed E-state index contributed by atoms with van der Waals surface area (Å²) in [5, 5.41) is 0. The lowest BCUT2D eigenvalue weighted by Crippen LogP contribution is -2.44. The average Bonchev–Trinajstić information content (AvgIpc) is 3.24. The van der Waals surface area contributed by atoms with E-state index >= 15 is 0 Å². The molecule has 5 heteroatoms. The Kier molecular flexibility index (Phi) is 10.1. The molecule has 0 amide bonds. The highest BCUT2D eigenvalue weighted by Gasteiger charge is 2.51. The van der Waals surface area contributed by atoms with E-state index < -0.39 is 17.4 Å². The number of hydrogen-bond acceptors (Lipinski definition) is 5. The third-order valence-electron chi connectivity index (χ3n) is 9.41. The van der Waals surface area contributed by atoms with E-state index in [0.717, 1.165) is 23.3 Å². The summed E-state index contributed by atoms with van der Waals surface area (Å²) in [5.41, 5.74) is 6.70. The molecule has 45 heavy (non-hydrogen) atoms.